The van der Waals surface area contributed by atoms with Crippen molar-refractivity contribution in [3.8, 4) is 0 Å². The number of nitrogens with two attached hydrogens (primary N) is 2. The van der Waals surface area contributed by atoms with Crippen molar-refractivity contribution in [3.63, 3.8) is 0 Å². The first-order valence-corrected chi connectivity index (χ1v) is 5.68. The van der Waals surface area contributed by atoms with E-state index >= 15 is 0 Å². The Morgan fingerprint density at radius 2 is 2.11 bits per heavy atom. The average molecular weight is 263 g/mol. The van der Waals surface area contributed by atoms with Crippen LogP contribution in [-0.4, -0.2) is 12.2 Å². The molecule has 0 bridgehead atoms. The molecule has 0 unspecified atom stereocenters. The minimum atomic E-state index is -0.0947. The highest BCUT2D eigenvalue weighted by molar-refractivity contribution is 6.31. The number of benzene rings is 1. The van der Waals surface area contributed by atoms with Gasteiger partial charge in [0.2, 0.25) is 11.5 Å². The maximum atomic E-state index is 6.11. The Morgan fingerprint density at radius 3 is 2.83 bits per heavy atom. The Morgan fingerprint density at radius 1 is 1.33 bits per heavy atom. The van der Waals surface area contributed by atoms with Crippen LogP contribution in [0.15, 0.2) is 34.5 Å². The average Bonchev–Trinajstić information content (AvgIpc) is 2.29. The summed E-state index contributed by atoms with van der Waals surface area (Å²) >= 11 is 6.11. The molecule has 1 heterocycles. The highest BCUT2D eigenvalue weighted by atomic mass is 35.5. The Kier molecular flexibility index (Phi) is 3.43. The molecule has 0 fully saturated rings. The predicted molar refractivity (Wildman–Crippen MR) is 73.7 cm³/mol. The van der Waals surface area contributed by atoms with E-state index in [2.05, 4.69) is 15.2 Å². The van der Waals surface area contributed by atoms with E-state index in [9.17, 15) is 0 Å². The second-order valence-corrected chi connectivity index (χ2v) is 4.28. The third kappa shape index (κ3) is 2.75. The molecule has 0 amide bonds. The zero-order chi connectivity index (χ0) is 13.1. The smallest absolute Gasteiger partial charge is 0.282 e. The van der Waals surface area contributed by atoms with E-state index in [-0.39, 0.29) is 5.96 Å². The van der Waals surface area contributed by atoms with Gasteiger partial charge in [-0.25, -0.2) is 0 Å². The fourth-order valence-electron chi connectivity index (χ4n) is 1.58. The third-order valence-electron chi connectivity index (χ3n) is 2.39. The number of H-pyrrole nitrogens is 1. The van der Waals surface area contributed by atoms with Gasteiger partial charge in [0, 0.05) is 11.5 Å². The summed E-state index contributed by atoms with van der Waals surface area (Å²) in [5, 5.41) is 8.79. The van der Waals surface area contributed by atoms with Crippen molar-refractivity contribution in [1.82, 2.24) is 0 Å². The normalized spacial score (nSPS) is 11.0. The molecule has 0 spiro atoms. The van der Waals surface area contributed by atoms with Gasteiger partial charge in [-0.2, -0.15) is 10.1 Å². The quantitative estimate of drug-likeness (QED) is 0.369. The monoisotopic (exact) mass is 262 g/mol. The lowest BCUT2D eigenvalue weighted by Crippen LogP contribution is -2.21. The summed E-state index contributed by atoms with van der Waals surface area (Å²) in [4.78, 5) is 3.10. The Bertz CT molecular complexity index is 644. The van der Waals surface area contributed by atoms with Crippen LogP contribution in [0.3, 0.4) is 0 Å². The number of rotatable bonds is 2. The summed E-state index contributed by atoms with van der Waals surface area (Å²) in [6.45, 7) is 2.02. The fraction of sp³-hybridized carbons (Fsp3) is 0.0833. The van der Waals surface area contributed by atoms with Crippen LogP contribution in [0, 0.1) is 6.92 Å². The summed E-state index contributed by atoms with van der Waals surface area (Å²) in [6, 6.07) is 7.98. The van der Waals surface area contributed by atoms with Gasteiger partial charge in [-0.3, -0.25) is 0 Å². The first-order chi connectivity index (χ1) is 8.56. The molecule has 2 aromatic rings. The van der Waals surface area contributed by atoms with Crippen molar-refractivity contribution in [3.05, 3.63) is 40.5 Å². The summed E-state index contributed by atoms with van der Waals surface area (Å²) < 4.78 is 0. The van der Waals surface area contributed by atoms with Gasteiger partial charge in [0.1, 0.15) is 0 Å². The Labute approximate surface area is 109 Å². The van der Waals surface area contributed by atoms with Gasteiger partial charge in [-0.1, -0.05) is 6.07 Å². The number of nitrogens with one attached hydrogen (secondary N) is 1. The zero-order valence-electron chi connectivity index (χ0n) is 9.81. The van der Waals surface area contributed by atoms with Crippen LogP contribution in [-0.2, 0) is 0 Å². The molecule has 1 aromatic carbocycles. The predicted octanol–water partition coefficient (Wildman–Crippen LogP) is 1.22. The topological polar surface area (TPSA) is 90.9 Å². The van der Waals surface area contributed by atoms with E-state index < -0.39 is 0 Å². The molecule has 0 atom stereocenters. The Balaban J connectivity index is 2.46. The van der Waals surface area contributed by atoms with Crippen LogP contribution in [0.1, 0.15) is 11.1 Å². The molecule has 2 rings (SSSR count). The van der Waals surface area contributed by atoms with E-state index in [1.54, 1.807) is 0 Å². The number of guanidine groups is 1. The van der Waals surface area contributed by atoms with Crippen molar-refractivity contribution >= 4 is 34.7 Å². The second kappa shape index (κ2) is 5.01. The number of nitrogens with zero attached hydrogens (tertiary/aromatic N) is 2. The molecular weight excluding hydrogens is 250 g/mol. The third-order valence-corrected chi connectivity index (χ3v) is 2.70. The summed E-state index contributed by atoms with van der Waals surface area (Å²) in [7, 11) is 0. The van der Waals surface area contributed by atoms with Crippen LogP contribution in [0.2, 0.25) is 5.15 Å². The lowest BCUT2D eigenvalue weighted by atomic mass is 10.1. The first-order valence-electron chi connectivity index (χ1n) is 5.30. The van der Waals surface area contributed by atoms with Crippen LogP contribution in [0.4, 0.5) is 0 Å². The van der Waals surface area contributed by atoms with Crippen molar-refractivity contribution < 1.29 is 4.98 Å². The Hall–Kier alpha value is -2.14. The lowest BCUT2D eigenvalue weighted by Gasteiger charge is -1.97. The fourth-order valence-corrected chi connectivity index (χ4v) is 1.78. The zero-order valence-corrected chi connectivity index (χ0v) is 10.6. The second-order valence-electron chi connectivity index (χ2n) is 3.90. The van der Waals surface area contributed by atoms with Crippen LogP contribution < -0.4 is 16.5 Å². The molecule has 5 nitrogen and oxygen atoms in total. The minimum absolute atomic E-state index is 0.0947. The maximum Gasteiger partial charge on any atom is 0.282 e. The summed E-state index contributed by atoms with van der Waals surface area (Å²) in [5.41, 5.74) is 13.2. The molecule has 18 heavy (non-hydrogen) atoms. The van der Waals surface area contributed by atoms with Gasteiger partial charge < -0.3 is 11.5 Å². The van der Waals surface area contributed by atoms with E-state index in [0.29, 0.717) is 5.15 Å². The van der Waals surface area contributed by atoms with Crippen molar-refractivity contribution in [1.29, 1.82) is 0 Å². The molecule has 0 aliphatic heterocycles. The number of halogens is 1. The number of aryl methyl sites for hydroxylation is 1. The summed E-state index contributed by atoms with van der Waals surface area (Å²) in [5.74, 6) is -0.0947. The van der Waals surface area contributed by atoms with Gasteiger partial charge in [-0.15, -0.1) is 5.10 Å². The molecule has 1 aromatic heterocycles. The van der Waals surface area contributed by atoms with Gasteiger partial charge in [0.25, 0.3) is 5.15 Å². The minimum Gasteiger partial charge on any atom is -0.369 e. The maximum absolute atomic E-state index is 6.11. The highest BCUT2D eigenvalue weighted by Gasteiger charge is 2.09. The molecular formula is C12H13ClN5+. The SMILES string of the molecule is Cc1ccc2cc(/C=N/N=C(N)N)c(Cl)[nH+]c2c1. The molecule has 0 saturated carbocycles. The lowest BCUT2D eigenvalue weighted by molar-refractivity contribution is -0.342. The van der Waals surface area contributed by atoms with Gasteiger partial charge in [0.15, 0.2) is 0 Å². The molecule has 0 aliphatic carbocycles. The number of aromatic amines is 1. The standard InChI is InChI=1S/C12H12ClN5/c1-7-2-3-8-5-9(6-16-18-12(14)15)11(13)17-10(8)4-7/h2-6H,1H3,(H4,14,15,18)/p+1/b16-6+. The number of fused-ring (bicyclic) bond motifs is 1. The van der Waals surface area contributed by atoms with Crippen molar-refractivity contribution in [2.45, 2.75) is 6.92 Å². The van der Waals surface area contributed by atoms with Gasteiger partial charge >= 0.3 is 0 Å². The van der Waals surface area contributed by atoms with Gasteiger partial charge in [-0.05, 0) is 36.2 Å². The summed E-state index contributed by atoms with van der Waals surface area (Å²) in [6.07, 6.45) is 1.50. The molecule has 6 heteroatoms. The van der Waals surface area contributed by atoms with E-state index in [1.807, 2.05) is 31.2 Å². The largest absolute Gasteiger partial charge is 0.369 e. The molecule has 92 valence electrons. The van der Waals surface area contributed by atoms with Crippen LogP contribution in [0.25, 0.3) is 10.9 Å². The first kappa shape index (κ1) is 12.3. The van der Waals surface area contributed by atoms with Crippen LogP contribution in [0.5, 0.6) is 0 Å². The molecule has 0 radical (unpaired) electrons. The van der Waals surface area contributed by atoms with Crippen molar-refractivity contribution in [2.24, 2.45) is 21.7 Å². The van der Waals surface area contributed by atoms with E-state index in [4.69, 9.17) is 23.1 Å². The number of hydrogen-bond acceptors (Lipinski definition) is 2. The van der Waals surface area contributed by atoms with Crippen LogP contribution >= 0.6 is 11.6 Å². The van der Waals surface area contributed by atoms with Crippen molar-refractivity contribution in [2.75, 3.05) is 0 Å². The number of aromatic nitrogens is 1. The number of hydrogen-bond donors (Lipinski definition) is 2. The van der Waals surface area contributed by atoms with E-state index in [1.165, 1.54) is 6.21 Å². The van der Waals surface area contributed by atoms with Gasteiger partial charge in [0.05, 0.1) is 11.8 Å². The molecule has 0 aliphatic rings. The molecule has 5 N–H and O–H groups in total. The van der Waals surface area contributed by atoms with E-state index in [0.717, 1.165) is 22.0 Å². The highest BCUT2D eigenvalue weighted by Crippen LogP contribution is 2.16. The molecule has 0 saturated heterocycles. The number of pyridine rings is 1.